The lowest BCUT2D eigenvalue weighted by Gasteiger charge is -2.41. The lowest BCUT2D eigenvalue weighted by Crippen LogP contribution is -2.48. The number of likely N-dealkylation sites (tertiary alicyclic amines) is 1. The molecule has 4 rings (SSSR count). The number of aliphatic carboxylic acids is 1. The van der Waals surface area contributed by atoms with E-state index >= 15 is 0 Å². The van der Waals surface area contributed by atoms with Crippen LogP contribution in [0.15, 0.2) is 36.3 Å². The maximum absolute atomic E-state index is 14.9. The van der Waals surface area contributed by atoms with E-state index in [1.54, 1.807) is 20.8 Å². The molecule has 0 saturated carbocycles. The van der Waals surface area contributed by atoms with Gasteiger partial charge in [-0.3, -0.25) is 14.5 Å². The van der Waals surface area contributed by atoms with E-state index < -0.39 is 127 Å². The molecule has 8 nitrogen and oxygen atoms in total. The van der Waals surface area contributed by atoms with Crippen molar-refractivity contribution < 1.29 is 48.1 Å². The van der Waals surface area contributed by atoms with Crippen molar-refractivity contribution in [1.29, 1.82) is 0 Å². The van der Waals surface area contributed by atoms with Crippen LogP contribution in [0.4, 0.5) is 0 Å². The summed E-state index contributed by atoms with van der Waals surface area (Å²) in [4.78, 5) is 30.8. The molecule has 1 fully saturated rings. The fourth-order valence-electron chi connectivity index (χ4n) is 6.42. The van der Waals surface area contributed by atoms with E-state index in [0.717, 1.165) is 13.8 Å². The second-order valence-corrected chi connectivity index (χ2v) is 13.1. The minimum absolute atomic E-state index is 0.0356. The highest BCUT2D eigenvalue weighted by atomic mass is 16.7. The monoisotopic (exact) mass is 651 g/mol. The van der Waals surface area contributed by atoms with Gasteiger partial charge in [0.25, 0.3) is 0 Å². The molecule has 1 N–H and O–H groups in total. The SMILES string of the molecule is [2H]c1c([2H])c([C@]2([2H])N(CC(=O)N(CC(C)CC([2H])C)C([2H])C(C)CCC)C([2H])([2H])[C@](C)(c3c([2H])c([2H])c4c(c3C)OC(C)(C)O4)[C@@]2(C)C(=O)O)c([2H])c([2H])c1OC([2H])([2H])[2H]. The quantitative estimate of drug-likeness (QED) is 0.225. The van der Waals surface area contributed by atoms with E-state index in [-0.39, 0.29) is 29.5 Å². The molecule has 8 heteroatoms. The van der Waals surface area contributed by atoms with Crippen LogP contribution in [0.1, 0.15) is 123 Å². The number of carboxylic acids is 1. The van der Waals surface area contributed by atoms with E-state index in [4.69, 9.17) is 26.5 Å². The van der Waals surface area contributed by atoms with Crippen LogP contribution in [0.5, 0.6) is 17.2 Å². The van der Waals surface area contributed by atoms with E-state index in [1.807, 2.05) is 6.92 Å². The molecule has 2 aliphatic heterocycles. The van der Waals surface area contributed by atoms with E-state index in [9.17, 15) is 21.5 Å². The van der Waals surface area contributed by atoms with Gasteiger partial charge in [0.15, 0.2) is 11.5 Å². The molecule has 7 atom stereocenters. The molecule has 2 aliphatic rings. The minimum Gasteiger partial charge on any atom is -0.497 e. The van der Waals surface area contributed by atoms with E-state index in [1.165, 1.54) is 25.7 Å². The smallest absolute Gasteiger partial charge is 0.312 e. The van der Waals surface area contributed by atoms with E-state index in [2.05, 4.69) is 0 Å². The Kier molecular flexibility index (Phi) is 6.28. The Labute approximate surface area is 296 Å². The van der Waals surface area contributed by atoms with Crippen molar-refractivity contribution in [1.82, 2.24) is 9.80 Å². The van der Waals surface area contributed by atoms with Gasteiger partial charge in [0.05, 0.1) is 38.7 Å². The third kappa shape index (κ3) is 6.73. The van der Waals surface area contributed by atoms with Crippen molar-refractivity contribution in [2.24, 2.45) is 17.3 Å². The van der Waals surface area contributed by atoms with Crippen LogP contribution in [-0.2, 0) is 15.0 Å². The highest BCUT2D eigenvalue weighted by molar-refractivity contribution is 5.82. The number of hydrogen-bond donors (Lipinski definition) is 1. The molecule has 254 valence electrons. The molecule has 0 aliphatic carbocycles. The number of carbonyl (C=O) groups excluding carboxylic acids is 1. The summed E-state index contributed by atoms with van der Waals surface area (Å²) >= 11 is 0. The Balaban J connectivity index is 2.20. The summed E-state index contributed by atoms with van der Waals surface area (Å²) in [6, 6.07) is -9.21. The number of methoxy groups -OCH3 is 1. The minimum atomic E-state index is -3.33. The second-order valence-electron chi connectivity index (χ2n) is 13.1. The van der Waals surface area contributed by atoms with Crippen molar-refractivity contribution in [3.63, 3.8) is 0 Å². The average Bonchev–Trinajstić information content (AvgIpc) is 3.50. The summed E-state index contributed by atoms with van der Waals surface area (Å²) in [5.74, 6) is -6.34. The topological polar surface area (TPSA) is 88.5 Å². The van der Waals surface area contributed by atoms with Gasteiger partial charge in [-0.2, -0.15) is 0 Å². The van der Waals surface area contributed by atoms with Crippen LogP contribution in [0.3, 0.4) is 0 Å². The molecule has 1 amide bonds. The zero-order valence-corrected chi connectivity index (χ0v) is 28.2. The summed E-state index contributed by atoms with van der Waals surface area (Å²) in [6.07, 6.45) is 0.940. The number of benzene rings is 2. The van der Waals surface area contributed by atoms with Crippen LogP contribution in [0, 0.1) is 24.2 Å². The molecule has 0 spiro atoms. The second kappa shape index (κ2) is 13.8. The average molecular weight is 651 g/mol. The number of rotatable bonds is 14. The first-order valence-electron chi connectivity index (χ1n) is 22.8. The molecule has 2 aromatic carbocycles. The maximum atomic E-state index is 14.9. The predicted molar refractivity (Wildman–Crippen MR) is 182 cm³/mol. The fourth-order valence-corrected chi connectivity index (χ4v) is 6.42. The number of hydrogen-bond acceptors (Lipinski definition) is 6. The van der Waals surface area contributed by atoms with Gasteiger partial charge in [-0.1, -0.05) is 65.6 Å². The van der Waals surface area contributed by atoms with Gasteiger partial charge in [0, 0.05) is 44.3 Å². The number of carbonyl (C=O) groups is 2. The van der Waals surface area contributed by atoms with Gasteiger partial charge in [-0.05, 0) is 73.3 Å². The lowest BCUT2D eigenvalue weighted by atomic mass is 9.59. The first kappa shape index (κ1) is 20.9. The fraction of sp³-hybridized carbons (Fsp3) is 0.632. The standard InChI is InChI=1S/C38H56N2O6/c1-11-13-25(3)21-39(22-26(4)14-12-2)32(41)23-40-24-37(8,30-19-20-31-33(27(30)5)46-36(6,7)45-31)38(9,35(42)43)34(40)28-15-17-29(44-10)18-16-28/h15-20,25-26,34H,11-14,21-24H2,1-10H3,(H,42,43)/t25?,26?,34-,37+,38+/m0/s1/i10D3,11D,15D,16D,17D,18D,19D,20D,22D,24D2,34D/t11?,22?,25?,26?,34-,37+,38+. The molecule has 2 aromatic rings. The zero-order chi connectivity index (χ0) is 46.2. The molecular weight excluding hydrogens is 580 g/mol. The first-order valence-corrected chi connectivity index (χ1v) is 15.7. The van der Waals surface area contributed by atoms with Crippen LogP contribution in [0.25, 0.3) is 0 Å². The number of amides is 1. The largest absolute Gasteiger partial charge is 0.497 e. The predicted octanol–water partition coefficient (Wildman–Crippen LogP) is 7.62. The van der Waals surface area contributed by atoms with Crippen molar-refractivity contribution >= 4 is 11.9 Å². The molecular formula is C38H56N2O6. The molecule has 0 radical (unpaired) electrons. The normalized spacial score (nSPS) is 33.6. The highest BCUT2D eigenvalue weighted by Crippen LogP contribution is 2.60. The highest BCUT2D eigenvalue weighted by Gasteiger charge is 2.64. The summed E-state index contributed by atoms with van der Waals surface area (Å²) in [5.41, 5.74) is -7.22. The molecule has 2 heterocycles. The summed E-state index contributed by atoms with van der Waals surface area (Å²) in [6.45, 7) is 7.81. The van der Waals surface area contributed by atoms with Gasteiger partial charge in [-0.25, -0.2) is 0 Å². The maximum Gasteiger partial charge on any atom is 0.312 e. The van der Waals surface area contributed by atoms with Gasteiger partial charge in [0.2, 0.25) is 11.7 Å². The third-order valence-electron chi connectivity index (χ3n) is 8.83. The van der Waals surface area contributed by atoms with Crippen molar-refractivity contribution in [3.05, 3.63) is 52.9 Å². The molecule has 1 saturated heterocycles. The summed E-state index contributed by atoms with van der Waals surface area (Å²) < 4.78 is 141. The lowest BCUT2D eigenvalue weighted by molar-refractivity contribution is -0.153. The first-order chi connectivity index (χ1) is 27.2. The Hall–Kier alpha value is -3.26. The third-order valence-corrected chi connectivity index (χ3v) is 8.83. The Morgan fingerprint density at radius 2 is 1.85 bits per heavy atom. The Bertz CT molecular complexity index is 2000. The van der Waals surface area contributed by atoms with Gasteiger partial charge >= 0.3 is 5.97 Å². The Morgan fingerprint density at radius 1 is 1.15 bits per heavy atom. The van der Waals surface area contributed by atoms with Crippen LogP contribution in [0.2, 0.25) is 0 Å². The van der Waals surface area contributed by atoms with Crippen molar-refractivity contribution in [2.75, 3.05) is 33.1 Å². The van der Waals surface area contributed by atoms with Gasteiger partial charge in [-0.15, -0.1) is 0 Å². The Morgan fingerprint density at radius 3 is 2.46 bits per heavy atom. The van der Waals surface area contributed by atoms with Crippen LogP contribution >= 0.6 is 0 Å². The van der Waals surface area contributed by atoms with E-state index in [0.29, 0.717) is 24.2 Å². The molecule has 4 unspecified atom stereocenters. The van der Waals surface area contributed by atoms with Gasteiger partial charge in [0.1, 0.15) is 5.75 Å². The number of fused-ring (bicyclic) bond motifs is 1. The summed E-state index contributed by atoms with van der Waals surface area (Å²) in [5, 5.41) is 11.5. The van der Waals surface area contributed by atoms with Crippen molar-refractivity contribution in [2.45, 2.75) is 105 Å². The summed E-state index contributed by atoms with van der Waals surface area (Å²) in [7, 11) is -3.27. The van der Waals surface area contributed by atoms with Crippen molar-refractivity contribution in [3.8, 4) is 17.2 Å². The number of nitrogens with zero attached hydrogens (tertiary/aromatic N) is 2. The molecule has 46 heavy (non-hydrogen) atoms. The van der Waals surface area contributed by atoms with Crippen LogP contribution < -0.4 is 14.2 Å². The molecule has 0 bridgehead atoms. The number of ether oxygens (including phenoxy) is 3. The molecule has 0 aromatic heterocycles. The number of carboxylic acid groups (broad SMARTS) is 1. The van der Waals surface area contributed by atoms with Crippen LogP contribution in [-0.4, -0.2) is 65.7 Å². The zero-order valence-electron chi connectivity index (χ0n) is 42.2. The van der Waals surface area contributed by atoms with Gasteiger partial charge < -0.3 is 24.2 Å².